The molecule has 0 unspecified atom stereocenters. The predicted molar refractivity (Wildman–Crippen MR) is 136 cm³/mol. The zero-order valence-corrected chi connectivity index (χ0v) is 20.4. The Labute approximate surface area is 198 Å². The van der Waals surface area contributed by atoms with E-state index in [1.165, 1.54) is 33.6 Å². The van der Waals surface area contributed by atoms with Crippen LogP contribution in [0.15, 0.2) is 54.7 Å². The summed E-state index contributed by atoms with van der Waals surface area (Å²) < 4.78 is 0. The summed E-state index contributed by atoms with van der Waals surface area (Å²) in [5.41, 5.74) is 7.71. The summed E-state index contributed by atoms with van der Waals surface area (Å²) in [6, 6.07) is 18.0. The third-order valence-electron chi connectivity index (χ3n) is 7.43. The number of piperazine rings is 1. The number of nitrogens with zero attached hydrogens (tertiary/aromatic N) is 5. The Morgan fingerprint density at radius 3 is 2.09 bits per heavy atom. The van der Waals surface area contributed by atoms with Gasteiger partial charge in [-0.05, 0) is 37.2 Å². The fraction of sp³-hybridized carbons (Fsp3) is 0.429. The van der Waals surface area contributed by atoms with E-state index in [-0.39, 0.29) is 5.41 Å². The summed E-state index contributed by atoms with van der Waals surface area (Å²) in [7, 11) is 2.18. The summed E-state index contributed by atoms with van der Waals surface area (Å²) >= 11 is 0. The van der Waals surface area contributed by atoms with Gasteiger partial charge in [0.2, 0.25) is 5.95 Å². The second kappa shape index (κ2) is 8.79. The number of hydrogen-bond acceptors (Lipinski definition) is 5. The van der Waals surface area contributed by atoms with E-state index < -0.39 is 0 Å². The van der Waals surface area contributed by atoms with E-state index in [2.05, 4.69) is 97.2 Å². The quantitative estimate of drug-likeness (QED) is 0.599. The van der Waals surface area contributed by atoms with Gasteiger partial charge >= 0.3 is 0 Å². The van der Waals surface area contributed by atoms with E-state index in [1.54, 1.807) is 0 Å². The second-order valence-electron chi connectivity index (χ2n) is 10.1. The van der Waals surface area contributed by atoms with Crippen molar-refractivity contribution in [1.29, 1.82) is 0 Å². The van der Waals surface area contributed by atoms with Gasteiger partial charge in [0, 0.05) is 68.6 Å². The molecule has 0 amide bonds. The van der Waals surface area contributed by atoms with Crippen LogP contribution < -0.4 is 9.80 Å². The van der Waals surface area contributed by atoms with Gasteiger partial charge in [0.05, 0.1) is 5.69 Å². The first-order chi connectivity index (χ1) is 15.9. The molecule has 2 aliphatic heterocycles. The highest BCUT2D eigenvalue weighted by atomic mass is 15.3. The number of likely N-dealkylation sites (N-methyl/N-ethyl adjacent to an activating group) is 1. The third kappa shape index (κ3) is 4.47. The van der Waals surface area contributed by atoms with E-state index in [1.807, 2.05) is 0 Å². The molecule has 0 saturated carbocycles. The Morgan fingerprint density at radius 2 is 1.42 bits per heavy atom. The molecule has 0 bridgehead atoms. The minimum absolute atomic E-state index is 0.0196. The molecule has 3 heterocycles. The van der Waals surface area contributed by atoms with Crippen LogP contribution in [0.2, 0.25) is 0 Å². The van der Waals surface area contributed by atoms with Crippen molar-refractivity contribution >= 4 is 11.6 Å². The molecule has 1 saturated heterocycles. The molecule has 1 fully saturated rings. The number of hydrogen-bond donors (Lipinski definition) is 0. The van der Waals surface area contributed by atoms with Crippen molar-refractivity contribution in [3.63, 3.8) is 0 Å². The van der Waals surface area contributed by atoms with Crippen molar-refractivity contribution in [2.75, 3.05) is 49.6 Å². The smallest absolute Gasteiger partial charge is 0.225 e. The average molecular weight is 442 g/mol. The number of aromatic nitrogens is 2. The molecule has 1 aromatic heterocycles. The lowest BCUT2D eigenvalue weighted by molar-refractivity contribution is 0.311. The maximum absolute atomic E-state index is 4.95. The Kier molecular flexibility index (Phi) is 5.83. The molecular formula is C28H35N5. The number of fused-ring (bicyclic) bond motifs is 1. The summed E-state index contributed by atoms with van der Waals surface area (Å²) in [6.07, 6.45) is 3.02. The molecule has 0 atom stereocenters. The molecule has 0 spiro atoms. The molecule has 0 aliphatic carbocycles. The van der Waals surface area contributed by atoms with Crippen LogP contribution in [0, 0.1) is 6.92 Å². The van der Waals surface area contributed by atoms with Crippen LogP contribution in [-0.4, -0.2) is 54.6 Å². The standard InChI is InChI=1S/C28H35N5/c1-21-5-7-23(8-6-21)28(2,3)24-9-11-25(12-10-24)33-14-13-26-22(20-33)19-29-27(30-26)32-17-15-31(4)16-18-32/h5-12,19H,13-18,20H2,1-4H3. The zero-order valence-electron chi connectivity index (χ0n) is 20.4. The number of benzene rings is 2. The fourth-order valence-electron chi connectivity index (χ4n) is 4.91. The zero-order chi connectivity index (χ0) is 23.0. The van der Waals surface area contributed by atoms with Gasteiger partial charge in [0.1, 0.15) is 0 Å². The summed E-state index contributed by atoms with van der Waals surface area (Å²) in [6.45, 7) is 12.8. The van der Waals surface area contributed by atoms with Crippen LogP contribution in [0.3, 0.4) is 0 Å². The first-order valence-electron chi connectivity index (χ1n) is 12.1. The Morgan fingerprint density at radius 1 is 0.788 bits per heavy atom. The van der Waals surface area contributed by atoms with E-state index in [4.69, 9.17) is 9.97 Å². The molecule has 5 nitrogen and oxygen atoms in total. The molecule has 2 aliphatic rings. The van der Waals surface area contributed by atoms with Crippen molar-refractivity contribution in [2.45, 2.75) is 39.2 Å². The Hall–Kier alpha value is -2.92. The lowest BCUT2D eigenvalue weighted by Gasteiger charge is -2.34. The summed E-state index contributed by atoms with van der Waals surface area (Å²) in [5.74, 6) is 0.901. The van der Waals surface area contributed by atoms with Gasteiger partial charge in [-0.3, -0.25) is 0 Å². The first-order valence-corrected chi connectivity index (χ1v) is 12.1. The average Bonchev–Trinajstić information content (AvgIpc) is 2.84. The van der Waals surface area contributed by atoms with Gasteiger partial charge in [-0.2, -0.15) is 0 Å². The van der Waals surface area contributed by atoms with Gasteiger partial charge in [0.25, 0.3) is 0 Å². The monoisotopic (exact) mass is 441 g/mol. The van der Waals surface area contributed by atoms with Gasteiger partial charge in [-0.15, -0.1) is 0 Å². The van der Waals surface area contributed by atoms with Crippen LogP contribution in [0.1, 0.15) is 41.8 Å². The SMILES string of the molecule is Cc1ccc(C(C)(C)c2ccc(N3CCc4nc(N5CCN(C)CC5)ncc4C3)cc2)cc1. The highest BCUT2D eigenvalue weighted by Gasteiger charge is 2.25. The van der Waals surface area contributed by atoms with Gasteiger partial charge in [-0.1, -0.05) is 55.8 Å². The summed E-state index contributed by atoms with van der Waals surface area (Å²) in [5, 5.41) is 0. The van der Waals surface area contributed by atoms with Crippen molar-refractivity contribution in [1.82, 2.24) is 14.9 Å². The van der Waals surface area contributed by atoms with Gasteiger partial charge < -0.3 is 14.7 Å². The van der Waals surface area contributed by atoms with Crippen molar-refractivity contribution < 1.29 is 0 Å². The van der Waals surface area contributed by atoms with E-state index in [9.17, 15) is 0 Å². The first kappa shape index (κ1) is 21.9. The van der Waals surface area contributed by atoms with Crippen molar-refractivity contribution in [3.8, 4) is 0 Å². The Balaban J connectivity index is 1.29. The normalized spacial score (nSPS) is 17.2. The van der Waals surface area contributed by atoms with Gasteiger partial charge in [-0.25, -0.2) is 9.97 Å². The maximum atomic E-state index is 4.95. The van der Waals surface area contributed by atoms with Crippen LogP contribution >= 0.6 is 0 Å². The number of rotatable bonds is 4. The highest BCUT2D eigenvalue weighted by molar-refractivity contribution is 5.52. The second-order valence-corrected chi connectivity index (χ2v) is 10.1. The third-order valence-corrected chi connectivity index (χ3v) is 7.43. The molecule has 0 N–H and O–H groups in total. The molecule has 33 heavy (non-hydrogen) atoms. The molecule has 0 radical (unpaired) electrons. The van der Waals surface area contributed by atoms with Crippen molar-refractivity contribution in [3.05, 3.63) is 82.7 Å². The van der Waals surface area contributed by atoms with E-state index in [0.717, 1.165) is 51.6 Å². The molecule has 3 aromatic rings. The van der Waals surface area contributed by atoms with E-state index in [0.29, 0.717) is 0 Å². The van der Waals surface area contributed by atoms with Crippen molar-refractivity contribution in [2.24, 2.45) is 0 Å². The lowest BCUT2D eigenvalue weighted by atomic mass is 9.78. The summed E-state index contributed by atoms with van der Waals surface area (Å²) in [4.78, 5) is 16.8. The van der Waals surface area contributed by atoms with E-state index >= 15 is 0 Å². The van der Waals surface area contributed by atoms with Crippen LogP contribution in [0.5, 0.6) is 0 Å². The maximum Gasteiger partial charge on any atom is 0.225 e. The molecular weight excluding hydrogens is 406 g/mol. The fourth-order valence-corrected chi connectivity index (χ4v) is 4.91. The number of anilines is 2. The minimum atomic E-state index is -0.0196. The molecule has 5 heteroatoms. The van der Waals surface area contributed by atoms with Crippen LogP contribution in [0.25, 0.3) is 0 Å². The van der Waals surface area contributed by atoms with Crippen LogP contribution in [-0.2, 0) is 18.4 Å². The number of aryl methyl sites for hydroxylation is 1. The predicted octanol–water partition coefficient (Wildman–Crippen LogP) is 4.43. The highest BCUT2D eigenvalue weighted by Crippen LogP contribution is 2.33. The minimum Gasteiger partial charge on any atom is -0.367 e. The van der Waals surface area contributed by atoms with Gasteiger partial charge in [0.15, 0.2) is 0 Å². The Bertz CT molecular complexity index is 1100. The molecule has 172 valence electrons. The topological polar surface area (TPSA) is 35.5 Å². The lowest BCUT2D eigenvalue weighted by Crippen LogP contribution is -2.45. The molecule has 2 aromatic carbocycles. The molecule has 5 rings (SSSR count). The largest absolute Gasteiger partial charge is 0.367 e. The van der Waals surface area contributed by atoms with Crippen LogP contribution in [0.4, 0.5) is 11.6 Å².